The van der Waals surface area contributed by atoms with Gasteiger partial charge in [0.2, 0.25) is 5.91 Å². The van der Waals surface area contributed by atoms with Crippen molar-refractivity contribution in [3.05, 3.63) is 135 Å². The average molecular weight is 695 g/mol. The molecule has 0 N–H and O–H groups in total. The summed E-state index contributed by atoms with van der Waals surface area (Å²) >= 11 is 0. The fourth-order valence-corrected chi connectivity index (χ4v) is 5.89. The van der Waals surface area contributed by atoms with Crippen LogP contribution in [0.15, 0.2) is 89.7 Å². The highest BCUT2D eigenvalue weighted by molar-refractivity contribution is 5.82. The van der Waals surface area contributed by atoms with Gasteiger partial charge in [-0.1, -0.05) is 62.4 Å². The van der Waals surface area contributed by atoms with Gasteiger partial charge in [-0.25, -0.2) is 13.2 Å². The van der Waals surface area contributed by atoms with E-state index in [1.54, 1.807) is 45.9 Å². The van der Waals surface area contributed by atoms with Crippen molar-refractivity contribution in [1.82, 2.24) is 19.4 Å². The fourth-order valence-electron chi connectivity index (χ4n) is 5.89. The minimum Gasteiger partial charge on any atom is -0.336 e. The van der Waals surface area contributed by atoms with Gasteiger partial charge in [-0.15, -0.1) is 0 Å². The van der Waals surface area contributed by atoms with Gasteiger partial charge >= 0.3 is 6.18 Å². The summed E-state index contributed by atoms with van der Waals surface area (Å²) in [4.78, 5) is 35.1. The van der Waals surface area contributed by atoms with E-state index in [0.29, 0.717) is 41.9 Å². The number of halogens is 6. The zero-order valence-corrected chi connectivity index (χ0v) is 27.6. The van der Waals surface area contributed by atoms with Crippen molar-refractivity contribution in [3.63, 3.8) is 0 Å². The SMILES string of the molecule is CCN(CC)CCN(Cc1ccc(-c2ccc(C(F)(F)F)cc2)cc1)C(=O)Cn1c(CCc2c(F)cc(F)cc2F)nc(=O)c2ccccc21. The molecule has 50 heavy (non-hydrogen) atoms. The number of carbonyl (C=O) groups excluding carboxylic acids is 1. The van der Waals surface area contributed by atoms with Crippen LogP contribution in [-0.2, 0) is 36.9 Å². The van der Waals surface area contributed by atoms with Gasteiger partial charge in [0.25, 0.3) is 5.56 Å². The number of amides is 1. The van der Waals surface area contributed by atoms with Crippen molar-refractivity contribution in [2.45, 2.75) is 46.0 Å². The van der Waals surface area contributed by atoms with Crippen LogP contribution in [0.1, 0.15) is 36.4 Å². The molecule has 1 amide bonds. The standard InChI is InChI=1S/C38H36F6N4O2/c1-3-46(4-2)19-20-47(23-25-9-11-26(12-10-25)27-13-15-28(16-14-27)38(42,43)44)36(49)24-48-34-8-6-5-7-31(34)37(50)45-35(48)18-17-30-32(40)21-29(39)22-33(30)41/h5-16,21-22H,3-4,17-20,23-24H2,1-2H3. The first-order valence-corrected chi connectivity index (χ1v) is 16.3. The van der Waals surface area contributed by atoms with Gasteiger partial charge in [-0.2, -0.15) is 18.2 Å². The smallest absolute Gasteiger partial charge is 0.336 e. The molecule has 0 atom stereocenters. The molecule has 0 unspecified atom stereocenters. The highest BCUT2D eigenvalue weighted by Gasteiger charge is 2.30. The maximum absolute atomic E-state index is 14.5. The van der Waals surface area contributed by atoms with Crippen molar-refractivity contribution in [1.29, 1.82) is 0 Å². The summed E-state index contributed by atoms with van der Waals surface area (Å²) in [5.41, 5.74) is 0.916. The maximum Gasteiger partial charge on any atom is 0.416 e. The van der Waals surface area contributed by atoms with E-state index in [1.807, 2.05) is 26.0 Å². The second-order valence-corrected chi connectivity index (χ2v) is 11.9. The molecular weight excluding hydrogens is 658 g/mol. The summed E-state index contributed by atoms with van der Waals surface area (Å²) in [5, 5.41) is 0.275. The zero-order valence-electron chi connectivity index (χ0n) is 27.6. The summed E-state index contributed by atoms with van der Waals surface area (Å²) in [6, 6.07) is 19.9. The third-order valence-corrected chi connectivity index (χ3v) is 8.77. The van der Waals surface area contributed by atoms with E-state index in [-0.39, 0.29) is 48.6 Å². The second-order valence-electron chi connectivity index (χ2n) is 11.9. The molecule has 0 aliphatic carbocycles. The fraction of sp³-hybridized carbons (Fsp3) is 0.289. The molecule has 1 heterocycles. The third kappa shape index (κ3) is 8.60. The molecule has 0 radical (unpaired) electrons. The number of likely N-dealkylation sites (N-methyl/N-ethyl adjacent to an activating group) is 1. The highest BCUT2D eigenvalue weighted by Crippen LogP contribution is 2.31. The van der Waals surface area contributed by atoms with Gasteiger partial charge in [0, 0.05) is 43.8 Å². The molecule has 0 saturated carbocycles. The Morgan fingerprint density at radius 2 is 1.40 bits per heavy atom. The Morgan fingerprint density at radius 1 is 0.800 bits per heavy atom. The number of aromatic nitrogens is 2. The van der Waals surface area contributed by atoms with Gasteiger partial charge in [-0.3, -0.25) is 9.59 Å². The number of alkyl halides is 3. The Kier molecular flexibility index (Phi) is 11.4. The van der Waals surface area contributed by atoms with Crippen LogP contribution in [0.2, 0.25) is 0 Å². The first-order valence-electron chi connectivity index (χ1n) is 16.3. The van der Waals surface area contributed by atoms with E-state index >= 15 is 0 Å². The predicted octanol–water partition coefficient (Wildman–Crippen LogP) is 7.66. The quantitative estimate of drug-likeness (QED) is 0.119. The predicted molar refractivity (Wildman–Crippen MR) is 180 cm³/mol. The molecule has 0 aliphatic rings. The molecule has 5 aromatic rings. The second kappa shape index (κ2) is 15.7. The van der Waals surface area contributed by atoms with E-state index < -0.39 is 34.8 Å². The number of hydrogen-bond donors (Lipinski definition) is 0. The molecular formula is C38H36F6N4O2. The molecule has 5 rings (SSSR count). The van der Waals surface area contributed by atoms with Crippen molar-refractivity contribution in [2.75, 3.05) is 26.2 Å². The summed E-state index contributed by atoms with van der Waals surface area (Å²) in [6.45, 7) is 6.54. The van der Waals surface area contributed by atoms with Gasteiger partial charge in [0.05, 0.1) is 16.5 Å². The molecule has 0 aliphatic heterocycles. The summed E-state index contributed by atoms with van der Waals surface area (Å²) < 4.78 is 83.2. The Hall–Kier alpha value is -4.97. The number of rotatable bonds is 13. The average Bonchev–Trinajstić information content (AvgIpc) is 3.09. The molecule has 6 nitrogen and oxygen atoms in total. The molecule has 0 fully saturated rings. The molecule has 0 spiro atoms. The monoisotopic (exact) mass is 694 g/mol. The Bertz CT molecular complexity index is 1980. The molecule has 262 valence electrons. The summed E-state index contributed by atoms with van der Waals surface area (Å²) in [7, 11) is 0. The van der Waals surface area contributed by atoms with Gasteiger partial charge in [0.15, 0.2) is 0 Å². The van der Waals surface area contributed by atoms with Crippen molar-refractivity contribution < 1.29 is 31.1 Å². The number of nitrogens with zero attached hydrogens (tertiary/aromatic N) is 4. The molecule has 0 bridgehead atoms. The van der Waals surface area contributed by atoms with Gasteiger partial charge < -0.3 is 14.4 Å². The lowest BCUT2D eigenvalue weighted by Crippen LogP contribution is -2.40. The van der Waals surface area contributed by atoms with Crippen LogP contribution in [0, 0.1) is 17.5 Å². The van der Waals surface area contributed by atoms with Crippen molar-refractivity contribution in [3.8, 4) is 11.1 Å². The van der Waals surface area contributed by atoms with Crippen molar-refractivity contribution in [2.24, 2.45) is 0 Å². The lowest BCUT2D eigenvalue weighted by molar-refractivity contribution is -0.137. The van der Waals surface area contributed by atoms with Crippen LogP contribution in [-0.4, -0.2) is 51.4 Å². The van der Waals surface area contributed by atoms with Crippen LogP contribution in [0.4, 0.5) is 26.3 Å². The highest BCUT2D eigenvalue weighted by atomic mass is 19.4. The van der Waals surface area contributed by atoms with E-state index in [1.165, 1.54) is 12.1 Å². The number of para-hydroxylation sites is 1. The van der Waals surface area contributed by atoms with Crippen LogP contribution >= 0.6 is 0 Å². The van der Waals surface area contributed by atoms with E-state index in [2.05, 4.69) is 9.88 Å². The Morgan fingerprint density at radius 3 is 2.00 bits per heavy atom. The Balaban J connectivity index is 1.43. The normalized spacial score (nSPS) is 11.8. The minimum absolute atomic E-state index is 0.0995. The molecule has 12 heteroatoms. The summed E-state index contributed by atoms with van der Waals surface area (Å²) in [6.07, 6.45) is -4.76. The minimum atomic E-state index is -4.43. The first kappa shape index (κ1) is 36.3. The largest absolute Gasteiger partial charge is 0.416 e. The zero-order chi connectivity index (χ0) is 36.0. The van der Waals surface area contributed by atoms with E-state index in [9.17, 15) is 35.9 Å². The maximum atomic E-state index is 14.5. The van der Waals surface area contributed by atoms with Crippen molar-refractivity contribution >= 4 is 16.8 Å². The van der Waals surface area contributed by atoms with E-state index in [0.717, 1.165) is 30.8 Å². The van der Waals surface area contributed by atoms with Crippen LogP contribution in [0.5, 0.6) is 0 Å². The molecule has 4 aromatic carbocycles. The number of aryl methyl sites for hydroxylation is 1. The molecule has 1 aromatic heterocycles. The van der Waals surface area contributed by atoms with Crippen LogP contribution in [0.3, 0.4) is 0 Å². The van der Waals surface area contributed by atoms with Gasteiger partial charge in [-0.05, 0) is 60.5 Å². The lowest BCUT2D eigenvalue weighted by Gasteiger charge is -2.28. The van der Waals surface area contributed by atoms with E-state index in [4.69, 9.17) is 0 Å². The first-order chi connectivity index (χ1) is 23.9. The lowest BCUT2D eigenvalue weighted by atomic mass is 10.0. The third-order valence-electron chi connectivity index (χ3n) is 8.77. The Labute approximate surface area is 285 Å². The number of carbonyl (C=O) groups is 1. The van der Waals surface area contributed by atoms with Gasteiger partial charge in [0.1, 0.15) is 29.8 Å². The number of fused-ring (bicyclic) bond motifs is 1. The van der Waals surface area contributed by atoms with Crippen LogP contribution in [0.25, 0.3) is 22.0 Å². The summed E-state index contributed by atoms with van der Waals surface area (Å²) in [5.74, 6) is -3.30. The molecule has 0 saturated heterocycles. The topological polar surface area (TPSA) is 58.4 Å². The van der Waals surface area contributed by atoms with Crippen LogP contribution < -0.4 is 5.56 Å². The number of hydrogen-bond acceptors (Lipinski definition) is 4. The number of benzene rings is 4.